The third kappa shape index (κ3) is 5.86. The van der Waals surface area contributed by atoms with Crippen molar-refractivity contribution in [3.05, 3.63) is 90.8 Å². The first-order chi connectivity index (χ1) is 20.7. The zero-order valence-corrected chi connectivity index (χ0v) is 33.9. The topological polar surface area (TPSA) is 0 Å². The van der Waals surface area contributed by atoms with Crippen molar-refractivity contribution in [3.8, 4) is 11.1 Å². The Morgan fingerprint density at radius 1 is 0.696 bits per heavy atom. The Morgan fingerprint density at radius 2 is 1.17 bits per heavy atom. The van der Waals surface area contributed by atoms with E-state index in [1.165, 1.54) is 54.4 Å². The van der Waals surface area contributed by atoms with Crippen molar-refractivity contribution in [1.29, 1.82) is 0 Å². The summed E-state index contributed by atoms with van der Waals surface area (Å²) in [7, 11) is 0. The van der Waals surface area contributed by atoms with Crippen molar-refractivity contribution >= 4 is 14.4 Å². The molecular formula is C43H54Cl2Zr. The molecule has 0 amide bonds. The summed E-state index contributed by atoms with van der Waals surface area (Å²) in [6.07, 6.45) is 19.6. The van der Waals surface area contributed by atoms with Crippen molar-refractivity contribution < 1.29 is 46.1 Å². The molecule has 244 valence electrons. The quantitative estimate of drug-likeness (QED) is 0.346. The van der Waals surface area contributed by atoms with Gasteiger partial charge >= 0.3 is 278 Å². The number of hydrogen-bond donors (Lipinski definition) is 0. The van der Waals surface area contributed by atoms with Gasteiger partial charge in [0.15, 0.2) is 0 Å². The molecule has 3 heteroatoms. The van der Waals surface area contributed by atoms with Gasteiger partial charge in [-0.15, -0.1) is 0 Å². The van der Waals surface area contributed by atoms with Gasteiger partial charge in [-0.05, 0) is 0 Å². The predicted molar refractivity (Wildman–Crippen MR) is 189 cm³/mol. The summed E-state index contributed by atoms with van der Waals surface area (Å²) in [6, 6.07) is 10.8. The average Bonchev–Trinajstić information content (AvgIpc) is 3.51. The summed E-state index contributed by atoms with van der Waals surface area (Å²) in [5.41, 5.74) is 17.7. The SMILES string of the molecule is CC1=CCC(C)(C)c2cc3c(cc21)-c1cc2c(cc1[CH]3[Zr+2]([C]1=CC(C(C)(C)C)=CC1C)=[C]1CCCCC1)C(C)(C)CC=C2C.[Cl-].[Cl-]. The van der Waals surface area contributed by atoms with Crippen LogP contribution >= 0.6 is 0 Å². The minimum Gasteiger partial charge on any atom is -1.00 e. The molecule has 46 heavy (non-hydrogen) atoms. The molecule has 7 rings (SSSR count). The maximum absolute atomic E-state index is 2.75. The summed E-state index contributed by atoms with van der Waals surface area (Å²) in [5, 5.41) is 0. The second-order valence-electron chi connectivity index (χ2n) is 17.2. The molecule has 0 radical (unpaired) electrons. The van der Waals surface area contributed by atoms with E-state index in [2.05, 4.69) is 118 Å². The van der Waals surface area contributed by atoms with Crippen LogP contribution in [0.4, 0.5) is 0 Å². The van der Waals surface area contributed by atoms with Crippen LogP contribution < -0.4 is 24.8 Å². The first-order valence-corrected chi connectivity index (χ1v) is 21.4. The number of rotatable bonds is 2. The molecule has 5 aliphatic rings. The molecule has 2 aromatic carbocycles. The van der Waals surface area contributed by atoms with Gasteiger partial charge in [0.05, 0.1) is 0 Å². The first kappa shape index (κ1) is 36.0. The van der Waals surface area contributed by atoms with Crippen LogP contribution in [0.3, 0.4) is 0 Å². The summed E-state index contributed by atoms with van der Waals surface area (Å²) in [6.45, 7) is 24.4. The molecule has 1 saturated carbocycles. The fourth-order valence-corrected chi connectivity index (χ4v) is 18.9. The normalized spacial score (nSPS) is 22.4. The fraction of sp³-hybridized carbons (Fsp3) is 0.512. The summed E-state index contributed by atoms with van der Waals surface area (Å²) >= 11 is -2.40. The van der Waals surface area contributed by atoms with Crippen LogP contribution in [-0.4, -0.2) is 3.21 Å². The van der Waals surface area contributed by atoms with Gasteiger partial charge < -0.3 is 24.8 Å². The Balaban J connectivity index is 0.00000208. The monoisotopic (exact) mass is 730 g/mol. The standard InChI is InChI=1S/C27H29.C10H15.C6H10.2ClH.Zr/c1-16-7-9-26(3,4)24-12-18-11-19-13-25-21(17(2)8-10-27(25,5)6)15-23(19)22(18)14-20(16)24;1-8-5-6-9(7-8)10(2,3)4;1-2-4-6-5-3-1;;;/h7-8,11-15H,9-10H2,1-6H3;6-8H,1-4H3;1-5H2;2*1H;/q;;;;;+2/p-2. The van der Waals surface area contributed by atoms with Crippen LogP contribution in [-0.2, 0) is 32.1 Å². The molecule has 0 spiro atoms. The van der Waals surface area contributed by atoms with Gasteiger partial charge in [-0.2, -0.15) is 0 Å². The predicted octanol–water partition coefficient (Wildman–Crippen LogP) is 6.19. The van der Waals surface area contributed by atoms with Crippen LogP contribution in [0.1, 0.15) is 151 Å². The van der Waals surface area contributed by atoms with E-state index in [0.717, 1.165) is 12.8 Å². The van der Waals surface area contributed by atoms with Crippen molar-refractivity contribution in [2.45, 2.75) is 129 Å². The third-order valence-electron chi connectivity index (χ3n) is 12.0. The van der Waals surface area contributed by atoms with Crippen LogP contribution in [0.15, 0.2) is 57.4 Å². The van der Waals surface area contributed by atoms with Crippen LogP contribution in [0.5, 0.6) is 0 Å². The molecule has 0 N–H and O–H groups in total. The Morgan fingerprint density at radius 3 is 1.61 bits per heavy atom. The maximum atomic E-state index is 2.75. The molecule has 0 bridgehead atoms. The zero-order valence-electron chi connectivity index (χ0n) is 30.0. The largest absolute Gasteiger partial charge is 1.00 e. The third-order valence-corrected chi connectivity index (χ3v) is 21.0. The van der Waals surface area contributed by atoms with Crippen LogP contribution in [0.25, 0.3) is 22.3 Å². The summed E-state index contributed by atoms with van der Waals surface area (Å²) < 4.78 is 4.47. The van der Waals surface area contributed by atoms with Gasteiger partial charge in [-0.25, -0.2) is 0 Å². The number of halogens is 2. The van der Waals surface area contributed by atoms with Crippen molar-refractivity contribution in [3.63, 3.8) is 0 Å². The minimum atomic E-state index is -2.40. The molecule has 1 unspecified atom stereocenters. The van der Waals surface area contributed by atoms with Crippen molar-refractivity contribution in [1.82, 2.24) is 0 Å². The van der Waals surface area contributed by atoms with Gasteiger partial charge in [0.2, 0.25) is 0 Å². The Bertz CT molecular complexity index is 1650. The smallest absolute Gasteiger partial charge is 1.00 e. The summed E-state index contributed by atoms with van der Waals surface area (Å²) in [4.78, 5) is 0. The molecule has 2 aromatic rings. The maximum Gasteiger partial charge on any atom is -1.00 e. The van der Waals surface area contributed by atoms with Crippen LogP contribution in [0, 0.1) is 11.3 Å². The van der Waals surface area contributed by atoms with Gasteiger partial charge in [0.25, 0.3) is 0 Å². The van der Waals surface area contributed by atoms with E-state index in [-0.39, 0.29) is 41.1 Å². The molecule has 0 saturated heterocycles. The van der Waals surface area contributed by atoms with Gasteiger partial charge in [-0.1, -0.05) is 0 Å². The van der Waals surface area contributed by atoms with Crippen molar-refractivity contribution in [2.24, 2.45) is 11.3 Å². The molecule has 1 fully saturated rings. The molecule has 0 heterocycles. The molecule has 5 aliphatic carbocycles. The number of fused-ring (bicyclic) bond motifs is 5. The second-order valence-corrected chi connectivity index (χ2v) is 23.8. The van der Waals surface area contributed by atoms with Crippen LogP contribution in [0.2, 0.25) is 0 Å². The van der Waals surface area contributed by atoms with E-state index in [1.54, 1.807) is 39.0 Å². The van der Waals surface area contributed by atoms with Gasteiger partial charge in [0.1, 0.15) is 0 Å². The second kappa shape index (κ2) is 12.6. The van der Waals surface area contributed by atoms with E-state index in [1.807, 2.05) is 6.49 Å². The Hall–Kier alpha value is -1.27. The Kier molecular flexibility index (Phi) is 9.84. The zero-order chi connectivity index (χ0) is 31.3. The number of allylic oxidation sites excluding steroid dienone is 8. The number of hydrogen-bond acceptors (Lipinski definition) is 0. The van der Waals surface area contributed by atoms with E-state index in [4.69, 9.17) is 0 Å². The molecule has 1 atom stereocenters. The van der Waals surface area contributed by atoms with E-state index < -0.39 is 21.3 Å². The van der Waals surface area contributed by atoms with Crippen molar-refractivity contribution in [2.75, 3.05) is 0 Å². The van der Waals surface area contributed by atoms with E-state index in [9.17, 15) is 0 Å². The molecule has 0 aromatic heterocycles. The molecule has 0 nitrogen and oxygen atoms in total. The Labute approximate surface area is 300 Å². The minimum absolute atomic E-state index is 0. The van der Waals surface area contributed by atoms with E-state index in [0.29, 0.717) is 9.54 Å². The first-order valence-electron chi connectivity index (χ1n) is 17.5. The molecular weight excluding hydrogens is 679 g/mol. The van der Waals surface area contributed by atoms with Gasteiger partial charge in [0, 0.05) is 0 Å². The van der Waals surface area contributed by atoms with Gasteiger partial charge in [-0.3, -0.25) is 0 Å². The average molecular weight is 733 g/mol. The fourth-order valence-electron chi connectivity index (χ4n) is 9.00. The number of benzene rings is 2. The summed E-state index contributed by atoms with van der Waals surface area (Å²) in [5.74, 6) is 0.569. The molecule has 0 aliphatic heterocycles. The van der Waals surface area contributed by atoms with E-state index >= 15 is 0 Å².